The minimum absolute atomic E-state index is 0.0676. The molecule has 2 N–H and O–H groups in total. The topological polar surface area (TPSA) is 127 Å². The number of carbonyl (C=O) groups excluding carboxylic acids is 2. The Hall–Kier alpha value is -4.23. The van der Waals surface area contributed by atoms with Crippen LogP contribution in [0.3, 0.4) is 0 Å². The molecule has 1 unspecified atom stereocenters. The van der Waals surface area contributed by atoms with Crippen LogP contribution < -0.4 is 15.5 Å². The van der Waals surface area contributed by atoms with E-state index in [2.05, 4.69) is 30.7 Å². The summed E-state index contributed by atoms with van der Waals surface area (Å²) in [6, 6.07) is 1.77. The lowest BCUT2D eigenvalue weighted by atomic mass is 10.1. The first-order valence-corrected chi connectivity index (χ1v) is 11.0. The molecule has 0 fully saturated rings. The Morgan fingerprint density at radius 2 is 2.00 bits per heavy atom. The van der Waals surface area contributed by atoms with E-state index in [9.17, 15) is 22.8 Å². The van der Waals surface area contributed by atoms with Crippen LogP contribution in [0.1, 0.15) is 41.2 Å². The highest BCUT2D eigenvalue weighted by atomic mass is 19.4. The van der Waals surface area contributed by atoms with Gasteiger partial charge in [0.25, 0.3) is 0 Å². The second-order valence-electron chi connectivity index (χ2n) is 8.04. The van der Waals surface area contributed by atoms with Crippen LogP contribution in [-0.4, -0.2) is 56.3 Å². The number of aromatic nitrogens is 5. The van der Waals surface area contributed by atoms with Crippen LogP contribution in [0.5, 0.6) is 0 Å². The Morgan fingerprint density at radius 3 is 2.67 bits per heavy atom. The van der Waals surface area contributed by atoms with E-state index in [1.54, 1.807) is 42.9 Å². The van der Waals surface area contributed by atoms with Gasteiger partial charge in [-0.25, -0.2) is 9.78 Å². The number of fused-ring (bicyclic) bond motifs is 1. The molecule has 1 atom stereocenters. The molecule has 0 bridgehead atoms. The highest BCUT2D eigenvalue weighted by Crippen LogP contribution is 2.33. The summed E-state index contributed by atoms with van der Waals surface area (Å²) in [6.45, 7) is 3.98. The molecular formula is C22H23F3N8O3. The summed E-state index contributed by atoms with van der Waals surface area (Å²) in [5, 5.41) is 9.93. The maximum absolute atomic E-state index is 12.7. The second-order valence-corrected chi connectivity index (χ2v) is 8.04. The molecule has 4 rings (SSSR count). The maximum Gasteiger partial charge on any atom is 0.433 e. The molecule has 3 aromatic heterocycles. The minimum atomic E-state index is -4.49. The standard InChI is InChI=1S/C22H23F3N8O3/c1-4-36-20(35)17-16-18(32(3)12(2)19(34)29-16)31-21(30-17)27-8-14-9-28-33(11-14)10-13-5-6-15(26-7-13)22(23,24)25/h5-7,9,11-12H,4,8,10H2,1-3H3,(H,29,34)(H,27,30,31). The van der Waals surface area contributed by atoms with Gasteiger partial charge in [-0.1, -0.05) is 6.07 Å². The van der Waals surface area contributed by atoms with Crippen molar-refractivity contribution < 1.29 is 27.5 Å². The van der Waals surface area contributed by atoms with Crippen molar-refractivity contribution in [3.63, 3.8) is 0 Å². The van der Waals surface area contributed by atoms with Gasteiger partial charge in [0.2, 0.25) is 11.9 Å². The first kappa shape index (κ1) is 24.9. The second kappa shape index (κ2) is 9.79. The summed E-state index contributed by atoms with van der Waals surface area (Å²) in [4.78, 5) is 38.5. The quantitative estimate of drug-likeness (QED) is 0.467. The molecule has 11 nitrogen and oxygen atoms in total. The molecule has 0 radical (unpaired) electrons. The predicted molar refractivity (Wildman–Crippen MR) is 122 cm³/mol. The van der Waals surface area contributed by atoms with Crippen molar-refractivity contribution in [2.45, 2.75) is 39.2 Å². The number of hydrogen-bond donors (Lipinski definition) is 2. The number of amides is 1. The molecule has 0 aromatic carbocycles. The van der Waals surface area contributed by atoms with Crippen molar-refractivity contribution in [3.8, 4) is 0 Å². The van der Waals surface area contributed by atoms with Crippen LogP contribution in [0.4, 0.5) is 30.6 Å². The van der Waals surface area contributed by atoms with Gasteiger partial charge < -0.3 is 20.3 Å². The average Bonchev–Trinajstić information content (AvgIpc) is 3.28. The first-order chi connectivity index (χ1) is 17.1. The Morgan fingerprint density at radius 1 is 1.22 bits per heavy atom. The van der Waals surface area contributed by atoms with Crippen LogP contribution in [0.15, 0.2) is 30.7 Å². The zero-order valence-electron chi connectivity index (χ0n) is 19.6. The van der Waals surface area contributed by atoms with Gasteiger partial charge in [0, 0.05) is 31.5 Å². The third-order valence-electron chi connectivity index (χ3n) is 5.50. The van der Waals surface area contributed by atoms with E-state index >= 15 is 0 Å². The van der Waals surface area contributed by atoms with Crippen molar-refractivity contribution in [1.82, 2.24) is 24.7 Å². The lowest BCUT2D eigenvalue weighted by Gasteiger charge is -2.32. The minimum Gasteiger partial charge on any atom is -0.461 e. The van der Waals surface area contributed by atoms with E-state index in [1.165, 1.54) is 6.07 Å². The van der Waals surface area contributed by atoms with Crippen LogP contribution in [0, 0.1) is 0 Å². The zero-order chi connectivity index (χ0) is 26.0. The van der Waals surface area contributed by atoms with Gasteiger partial charge in [0.15, 0.2) is 11.5 Å². The van der Waals surface area contributed by atoms with Crippen LogP contribution in [0.2, 0.25) is 0 Å². The molecule has 14 heteroatoms. The van der Waals surface area contributed by atoms with Crippen LogP contribution in [0.25, 0.3) is 0 Å². The molecule has 1 aliphatic rings. The molecule has 1 amide bonds. The lowest BCUT2D eigenvalue weighted by molar-refractivity contribution is -0.141. The van der Waals surface area contributed by atoms with Gasteiger partial charge in [-0.15, -0.1) is 0 Å². The van der Waals surface area contributed by atoms with Gasteiger partial charge in [0.1, 0.15) is 17.4 Å². The number of rotatable bonds is 7. The van der Waals surface area contributed by atoms with E-state index in [-0.39, 0.29) is 42.9 Å². The summed E-state index contributed by atoms with van der Waals surface area (Å²) in [5.41, 5.74) is 0.457. The normalized spacial score (nSPS) is 15.3. The number of carbonyl (C=O) groups is 2. The van der Waals surface area contributed by atoms with E-state index in [0.717, 1.165) is 17.8 Å². The summed E-state index contributed by atoms with van der Waals surface area (Å²) < 4.78 is 44.7. The molecule has 3 aromatic rings. The van der Waals surface area contributed by atoms with Gasteiger partial charge in [-0.3, -0.25) is 14.5 Å². The number of pyridine rings is 1. The van der Waals surface area contributed by atoms with Crippen LogP contribution >= 0.6 is 0 Å². The van der Waals surface area contributed by atoms with Crippen molar-refractivity contribution in [2.24, 2.45) is 0 Å². The lowest BCUT2D eigenvalue weighted by Crippen LogP contribution is -2.45. The van der Waals surface area contributed by atoms with E-state index in [4.69, 9.17) is 4.74 Å². The van der Waals surface area contributed by atoms with Gasteiger partial charge in [-0.05, 0) is 25.5 Å². The maximum atomic E-state index is 12.7. The fraction of sp³-hybridized carbons (Fsp3) is 0.364. The molecule has 4 heterocycles. The Balaban J connectivity index is 1.49. The third-order valence-corrected chi connectivity index (χ3v) is 5.50. The number of ether oxygens (including phenoxy) is 1. The van der Waals surface area contributed by atoms with Crippen LogP contribution in [-0.2, 0) is 28.8 Å². The highest BCUT2D eigenvalue weighted by Gasteiger charge is 2.34. The molecule has 0 aliphatic carbocycles. The Bertz CT molecular complexity index is 1280. The molecule has 190 valence electrons. The number of nitrogens with one attached hydrogen (secondary N) is 2. The predicted octanol–water partition coefficient (Wildman–Crippen LogP) is 2.70. The largest absolute Gasteiger partial charge is 0.461 e. The number of alkyl halides is 3. The summed E-state index contributed by atoms with van der Waals surface area (Å²) in [6.07, 6.45) is -0.0304. The number of hydrogen-bond acceptors (Lipinski definition) is 9. The fourth-order valence-electron chi connectivity index (χ4n) is 3.47. The van der Waals surface area contributed by atoms with E-state index in [1.807, 2.05) is 0 Å². The molecule has 1 aliphatic heterocycles. The first-order valence-electron chi connectivity index (χ1n) is 11.0. The van der Waals surface area contributed by atoms with Gasteiger partial charge in [0.05, 0.1) is 19.3 Å². The van der Waals surface area contributed by atoms with Crippen molar-refractivity contribution in [3.05, 3.63) is 53.2 Å². The molecule has 36 heavy (non-hydrogen) atoms. The zero-order valence-corrected chi connectivity index (χ0v) is 19.6. The monoisotopic (exact) mass is 504 g/mol. The number of nitrogens with zero attached hydrogens (tertiary/aromatic N) is 6. The number of halogens is 3. The van der Waals surface area contributed by atoms with Crippen molar-refractivity contribution >= 4 is 29.3 Å². The van der Waals surface area contributed by atoms with Gasteiger partial charge >= 0.3 is 12.1 Å². The van der Waals surface area contributed by atoms with Crippen molar-refractivity contribution in [1.29, 1.82) is 0 Å². The summed E-state index contributed by atoms with van der Waals surface area (Å²) in [7, 11) is 1.69. The van der Waals surface area contributed by atoms with E-state index < -0.39 is 23.9 Å². The molecular weight excluding hydrogens is 481 g/mol. The Kier molecular flexibility index (Phi) is 6.77. The molecule has 0 spiro atoms. The third kappa shape index (κ3) is 5.21. The molecule has 0 saturated carbocycles. The van der Waals surface area contributed by atoms with E-state index in [0.29, 0.717) is 11.4 Å². The van der Waals surface area contributed by atoms with Gasteiger partial charge in [-0.2, -0.15) is 23.3 Å². The average molecular weight is 504 g/mol. The number of likely N-dealkylation sites (N-methyl/N-ethyl adjacent to an activating group) is 1. The Labute approximate surface area is 203 Å². The number of esters is 1. The highest BCUT2D eigenvalue weighted by molar-refractivity contribution is 6.08. The van der Waals surface area contributed by atoms with Crippen molar-refractivity contribution in [2.75, 3.05) is 29.2 Å². The summed E-state index contributed by atoms with van der Waals surface area (Å²) >= 11 is 0. The smallest absolute Gasteiger partial charge is 0.433 e. The summed E-state index contributed by atoms with van der Waals surface area (Å²) in [5.74, 6) is -0.476. The SMILES string of the molecule is CCOC(=O)c1nc(NCc2cnn(Cc3ccc(C(F)(F)F)nc3)c2)nc2c1NC(=O)C(C)N2C. The number of anilines is 3. The fourth-order valence-corrected chi connectivity index (χ4v) is 3.47. The molecule has 0 saturated heterocycles.